The minimum Gasteiger partial charge on any atom is -0.466 e. The van der Waals surface area contributed by atoms with Gasteiger partial charge in [0.25, 0.3) is 0 Å². The number of halogens is 1. The highest BCUT2D eigenvalue weighted by Gasteiger charge is 2.28. The Bertz CT molecular complexity index is 835. The summed E-state index contributed by atoms with van der Waals surface area (Å²) in [6, 6.07) is 8.13. The Morgan fingerprint density at radius 2 is 2.13 bits per heavy atom. The van der Waals surface area contributed by atoms with Crippen LogP contribution in [0.3, 0.4) is 0 Å². The Morgan fingerprint density at radius 1 is 1.37 bits per heavy atom. The first-order chi connectivity index (χ1) is 14.1. The second kappa shape index (κ2) is 11.9. The van der Waals surface area contributed by atoms with Gasteiger partial charge in [0.2, 0.25) is 5.89 Å². The number of oxazole rings is 1. The molecule has 1 aliphatic heterocycles. The minimum atomic E-state index is -0.112. The zero-order valence-corrected chi connectivity index (χ0v) is 20.2. The SMILES string of the molecule is CCOC(=O)C1CCCN(C(=NC)NCCc2coc(-c3ccc(C)cc3)n2)C1.I. The van der Waals surface area contributed by atoms with Gasteiger partial charge >= 0.3 is 5.97 Å². The monoisotopic (exact) mass is 526 g/mol. The molecule has 2 heterocycles. The maximum atomic E-state index is 12.1. The lowest BCUT2D eigenvalue weighted by Gasteiger charge is -2.33. The summed E-state index contributed by atoms with van der Waals surface area (Å²) in [6.45, 7) is 6.53. The molecule has 0 saturated carbocycles. The number of nitrogens with one attached hydrogen (secondary N) is 1. The molecule has 0 spiro atoms. The second-order valence-corrected chi connectivity index (χ2v) is 7.27. The Balaban J connectivity index is 0.00000320. The van der Waals surface area contributed by atoms with Gasteiger partial charge in [0.15, 0.2) is 5.96 Å². The van der Waals surface area contributed by atoms with E-state index in [0.717, 1.165) is 43.0 Å². The second-order valence-electron chi connectivity index (χ2n) is 7.27. The lowest BCUT2D eigenvalue weighted by Crippen LogP contribution is -2.48. The van der Waals surface area contributed by atoms with Gasteiger partial charge in [-0.25, -0.2) is 4.98 Å². The van der Waals surface area contributed by atoms with E-state index in [1.807, 2.05) is 31.2 Å². The lowest BCUT2D eigenvalue weighted by molar-refractivity contribution is -0.149. The van der Waals surface area contributed by atoms with Crippen LogP contribution < -0.4 is 5.32 Å². The number of likely N-dealkylation sites (tertiary alicyclic amines) is 1. The molecule has 8 heteroatoms. The van der Waals surface area contributed by atoms with Gasteiger partial charge in [-0.3, -0.25) is 9.79 Å². The van der Waals surface area contributed by atoms with E-state index >= 15 is 0 Å². The average molecular weight is 526 g/mol. The number of benzene rings is 1. The number of esters is 1. The van der Waals surface area contributed by atoms with Crippen molar-refractivity contribution in [2.24, 2.45) is 10.9 Å². The molecule has 3 rings (SSSR count). The van der Waals surface area contributed by atoms with Gasteiger partial charge in [-0.15, -0.1) is 24.0 Å². The number of rotatable bonds is 6. The van der Waals surface area contributed by atoms with Gasteiger partial charge in [-0.2, -0.15) is 0 Å². The first kappa shape index (κ1) is 24.2. The molecule has 1 aromatic carbocycles. The standard InChI is InChI=1S/C22H30N4O3.HI/c1-4-28-21(27)18-6-5-13-26(14-18)22(23-3)24-12-11-19-15-29-20(25-19)17-9-7-16(2)8-10-17;/h7-10,15,18H,4-6,11-14H2,1-3H3,(H,23,24);1H. The Morgan fingerprint density at radius 3 is 2.83 bits per heavy atom. The predicted octanol–water partition coefficient (Wildman–Crippen LogP) is 3.66. The van der Waals surface area contributed by atoms with Crippen molar-refractivity contribution >= 4 is 35.9 Å². The van der Waals surface area contributed by atoms with Gasteiger partial charge in [-0.05, 0) is 38.8 Å². The number of aliphatic imine (C=N–C) groups is 1. The van der Waals surface area contributed by atoms with Crippen molar-refractivity contribution in [1.82, 2.24) is 15.2 Å². The molecule has 1 aromatic heterocycles. The molecule has 164 valence electrons. The molecule has 7 nitrogen and oxygen atoms in total. The zero-order valence-electron chi connectivity index (χ0n) is 17.9. The summed E-state index contributed by atoms with van der Waals surface area (Å²) in [5.41, 5.74) is 3.08. The topological polar surface area (TPSA) is 80.0 Å². The van der Waals surface area contributed by atoms with Crippen LogP contribution in [0, 0.1) is 12.8 Å². The van der Waals surface area contributed by atoms with Gasteiger partial charge in [-0.1, -0.05) is 17.7 Å². The number of hydrogen-bond acceptors (Lipinski definition) is 5. The maximum absolute atomic E-state index is 12.1. The molecular formula is C22H31IN4O3. The summed E-state index contributed by atoms with van der Waals surface area (Å²) in [6.07, 6.45) is 4.25. The molecule has 1 saturated heterocycles. The molecule has 0 aliphatic carbocycles. The molecule has 30 heavy (non-hydrogen) atoms. The van der Waals surface area contributed by atoms with Crippen LogP contribution >= 0.6 is 24.0 Å². The predicted molar refractivity (Wildman–Crippen MR) is 128 cm³/mol. The quantitative estimate of drug-likeness (QED) is 0.268. The molecule has 1 unspecified atom stereocenters. The maximum Gasteiger partial charge on any atom is 0.310 e. The van der Waals surface area contributed by atoms with Crippen molar-refractivity contribution in [3.8, 4) is 11.5 Å². The van der Waals surface area contributed by atoms with Crippen LogP contribution in [-0.4, -0.2) is 55.1 Å². The minimum absolute atomic E-state index is 0. The molecule has 0 amide bonds. The van der Waals surface area contributed by atoms with E-state index in [-0.39, 0.29) is 35.9 Å². The van der Waals surface area contributed by atoms with E-state index in [9.17, 15) is 4.79 Å². The third kappa shape index (κ3) is 6.45. The fourth-order valence-electron chi connectivity index (χ4n) is 3.51. The van der Waals surface area contributed by atoms with Crippen LogP contribution in [0.15, 0.2) is 39.9 Å². The van der Waals surface area contributed by atoms with E-state index in [2.05, 4.69) is 27.1 Å². The van der Waals surface area contributed by atoms with Crippen LogP contribution in [0.1, 0.15) is 31.0 Å². The van der Waals surface area contributed by atoms with Crippen molar-refractivity contribution in [1.29, 1.82) is 0 Å². The first-order valence-electron chi connectivity index (χ1n) is 10.2. The van der Waals surface area contributed by atoms with Crippen molar-refractivity contribution in [3.63, 3.8) is 0 Å². The zero-order chi connectivity index (χ0) is 20.6. The van der Waals surface area contributed by atoms with Gasteiger partial charge in [0, 0.05) is 38.7 Å². The van der Waals surface area contributed by atoms with Crippen molar-refractivity contribution in [2.45, 2.75) is 33.1 Å². The largest absolute Gasteiger partial charge is 0.466 e. The Hall–Kier alpha value is -2.10. The molecule has 1 atom stereocenters. The number of ether oxygens (including phenoxy) is 1. The highest BCUT2D eigenvalue weighted by atomic mass is 127. The van der Waals surface area contributed by atoms with Crippen LogP contribution in [0.25, 0.3) is 11.5 Å². The van der Waals surface area contributed by atoms with Crippen molar-refractivity contribution in [3.05, 3.63) is 41.8 Å². The summed E-state index contributed by atoms with van der Waals surface area (Å²) in [4.78, 5) is 23.2. The van der Waals surface area contributed by atoms with Gasteiger partial charge in [0.1, 0.15) is 6.26 Å². The number of nitrogens with zero attached hydrogens (tertiary/aromatic N) is 3. The highest BCUT2D eigenvalue weighted by molar-refractivity contribution is 14.0. The summed E-state index contributed by atoms with van der Waals surface area (Å²) in [7, 11) is 1.77. The first-order valence-corrected chi connectivity index (χ1v) is 10.2. The van der Waals surface area contributed by atoms with E-state index in [1.54, 1.807) is 13.3 Å². The van der Waals surface area contributed by atoms with E-state index in [1.165, 1.54) is 5.56 Å². The normalized spacial score (nSPS) is 16.7. The van der Waals surface area contributed by atoms with Crippen molar-refractivity contribution < 1.29 is 13.9 Å². The number of guanidine groups is 1. The van der Waals surface area contributed by atoms with Gasteiger partial charge < -0.3 is 19.4 Å². The summed E-state index contributed by atoms with van der Waals surface area (Å²) >= 11 is 0. The Labute approximate surface area is 195 Å². The molecule has 1 N–H and O–H groups in total. The molecule has 2 aromatic rings. The third-order valence-corrected chi connectivity index (χ3v) is 5.07. The van der Waals surface area contributed by atoms with Crippen LogP contribution in [0.4, 0.5) is 0 Å². The average Bonchev–Trinajstić information content (AvgIpc) is 3.21. The number of carbonyl (C=O) groups excluding carboxylic acids is 1. The van der Waals surface area contributed by atoms with Crippen LogP contribution in [-0.2, 0) is 16.0 Å². The number of carbonyl (C=O) groups is 1. The molecule has 1 aliphatic rings. The summed E-state index contributed by atoms with van der Waals surface area (Å²) in [5.74, 6) is 1.24. The molecule has 1 fully saturated rings. The van der Waals surface area contributed by atoms with Crippen molar-refractivity contribution in [2.75, 3.05) is 33.3 Å². The third-order valence-electron chi connectivity index (χ3n) is 5.07. The van der Waals surface area contributed by atoms with Gasteiger partial charge in [0.05, 0.1) is 18.2 Å². The molecule has 0 radical (unpaired) electrons. The van der Waals surface area contributed by atoms with Crippen LogP contribution in [0.5, 0.6) is 0 Å². The fourth-order valence-corrected chi connectivity index (χ4v) is 3.51. The molecule has 0 bridgehead atoms. The molecular weight excluding hydrogens is 495 g/mol. The summed E-state index contributed by atoms with van der Waals surface area (Å²) < 4.78 is 10.8. The smallest absolute Gasteiger partial charge is 0.310 e. The number of hydrogen-bond donors (Lipinski definition) is 1. The van der Waals surface area contributed by atoms with Crippen LogP contribution in [0.2, 0.25) is 0 Å². The number of aromatic nitrogens is 1. The number of aryl methyl sites for hydroxylation is 1. The number of piperidine rings is 1. The van der Waals surface area contributed by atoms with E-state index in [4.69, 9.17) is 9.15 Å². The summed E-state index contributed by atoms with van der Waals surface area (Å²) in [5, 5.41) is 3.38. The van der Waals surface area contributed by atoms with E-state index in [0.29, 0.717) is 25.6 Å². The lowest BCUT2D eigenvalue weighted by atomic mass is 9.98. The van der Waals surface area contributed by atoms with E-state index < -0.39 is 0 Å². The highest BCUT2D eigenvalue weighted by Crippen LogP contribution is 2.20. The Kier molecular flexibility index (Phi) is 9.61. The fraction of sp³-hybridized carbons (Fsp3) is 0.500.